The van der Waals surface area contributed by atoms with Crippen molar-refractivity contribution in [3.05, 3.63) is 112 Å². The lowest BCUT2D eigenvalue weighted by molar-refractivity contribution is -0.503. The van der Waals surface area contributed by atoms with Gasteiger partial charge in [0.05, 0.1) is 17.2 Å². The number of nitrogens with zero attached hydrogens (tertiary/aromatic N) is 2. The SMILES string of the molecule is CC(C)(C)[Si](C)(C)O[C@@H](c1ccccc1)[C@H](C(Sc1ccccc1)[N+](=O)[O-])N1C(=O)c2ccccc2C1=O. The number of benzene rings is 3. The molecule has 198 valence electrons. The van der Waals surface area contributed by atoms with Crippen LogP contribution in [0.3, 0.4) is 0 Å². The molecule has 4 rings (SSSR count). The van der Waals surface area contributed by atoms with Crippen LogP contribution in [0.15, 0.2) is 89.8 Å². The fourth-order valence-corrected chi connectivity index (χ4v) is 6.59. The van der Waals surface area contributed by atoms with E-state index in [-0.39, 0.29) is 16.2 Å². The Kier molecular flexibility index (Phi) is 7.92. The predicted octanol–water partition coefficient (Wildman–Crippen LogP) is 6.81. The molecular weight excluding hydrogens is 516 g/mol. The Morgan fingerprint density at radius 1 is 0.842 bits per heavy atom. The van der Waals surface area contributed by atoms with Gasteiger partial charge in [0.25, 0.3) is 17.2 Å². The number of hydrogen-bond donors (Lipinski definition) is 0. The molecule has 1 aliphatic heterocycles. The van der Waals surface area contributed by atoms with Crippen molar-refractivity contribution in [2.24, 2.45) is 0 Å². The molecule has 1 unspecified atom stereocenters. The number of carbonyl (C=O) groups excluding carboxylic acids is 2. The molecular formula is C29H32N2O5SSi. The molecule has 0 aromatic heterocycles. The van der Waals surface area contributed by atoms with Gasteiger partial charge >= 0.3 is 0 Å². The van der Waals surface area contributed by atoms with E-state index in [9.17, 15) is 19.7 Å². The van der Waals surface area contributed by atoms with E-state index in [1.54, 1.807) is 48.5 Å². The van der Waals surface area contributed by atoms with E-state index in [2.05, 4.69) is 33.9 Å². The molecule has 7 nitrogen and oxygen atoms in total. The molecule has 0 radical (unpaired) electrons. The summed E-state index contributed by atoms with van der Waals surface area (Å²) in [5.74, 6) is -1.09. The van der Waals surface area contributed by atoms with Crippen LogP contribution >= 0.6 is 11.8 Å². The molecule has 3 atom stereocenters. The van der Waals surface area contributed by atoms with Gasteiger partial charge in [-0.15, -0.1) is 0 Å². The molecule has 0 aliphatic carbocycles. The van der Waals surface area contributed by atoms with Crippen LogP contribution in [0.5, 0.6) is 0 Å². The monoisotopic (exact) mass is 548 g/mol. The standard InChI is InChI=1S/C29H32N2O5SSi/c1-29(2,3)38(4,5)36-25(20-14-8-6-9-15-20)24(28(31(34)35)37-21-16-10-7-11-17-21)30-26(32)22-18-12-13-19-23(22)27(30)33/h6-19,24-25,28H,1-5H3/t24-,25+,28?/m1/s1. The topological polar surface area (TPSA) is 89.8 Å². The minimum Gasteiger partial charge on any atom is -0.407 e. The lowest BCUT2D eigenvalue weighted by atomic mass is 10.0. The van der Waals surface area contributed by atoms with E-state index < -0.39 is 42.6 Å². The van der Waals surface area contributed by atoms with Crippen molar-refractivity contribution >= 4 is 31.9 Å². The number of nitro groups is 1. The Bertz CT molecular complexity index is 1290. The Morgan fingerprint density at radius 3 is 1.79 bits per heavy atom. The lowest BCUT2D eigenvalue weighted by Gasteiger charge is -2.43. The highest BCUT2D eigenvalue weighted by atomic mass is 32.2. The summed E-state index contributed by atoms with van der Waals surface area (Å²) in [7, 11) is -2.54. The summed E-state index contributed by atoms with van der Waals surface area (Å²) in [6.45, 7) is 10.4. The summed E-state index contributed by atoms with van der Waals surface area (Å²) in [6, 6.07) is 23.6. The molecule has 9 heteroatoms. The number of fused-ring (bicyclic) bond motifs is 1. The van der Waals surface area contributed by atoms with Crippen molar-refractivity contribution in [3.63, 3.8) is 0 Å². The second kappa shape index (κ2) is 10.8. The molecule has 0 saturated carbocycles. The molecule has 3 aromatic rings. The molecule has 2 amide bonds. The number of carbonyl (C=O) groups is 2. The number of thioether (sulfide) groups is 1. The lowest BCUT2D eigenvalue weighted by Crippen LogP contribution is -2.55. The van der Waals surface area contributed by atoms with Crippen molar-refractivity contribution < 1.29 is 18.9 Å². The average molecular weight is 549 g/mol. The zero-order valence-electron chi connectivity index (χ0n) is 22.2. The van der Waals surface area contributed by atoms with Gasteiger partial charge in [-0.1, -0.05) is 81.4 Å². The quantitative estimate of drug-likeness (QED) is 0.0729. The smallest absolute Gasteiger partial charge is 0.286 e. The second-order valence-electron chi connectivity index (χ2n) is 10.8. The Balaban J connectivity index is 1.92. The van der Waals surface area contributed by atoms with Crippen LogP contribution in [0.25, 0.3) is 0 Å². The highest BCUT2D eigenvalue weighted by Crippen LogP contribution is 2.45. The Labute approximate surface area is 228 Å². The van der Waals surface area contributed by atoms with E-state index in [0.717, 1.165) is 16.7 Å². The van der Waals surface area contributed by atoms with Gasteiger partial charge in [-0.25, -0.2) is 0 Å². The second-order valence-corrected chi connectivity index (χ2v) is 16.8. The minimum atomic E-state index is -2.54. The Morgan fingerprint density at radius 2 is 1.32 bits per heavy atom. The summed E-state index contributed by atoms with van der Waals surface area (Å²) in [5.41, 5.74) is 1.17. The van der Waals surface area contributed by atoms with Crippen molar-refractivity contribution in [3.8, 4) is 0 Å². The maximum atomic E-state index is 13.8. The van der Waals surface area contributed by atoms with Gasteiger partial charge in [-0.3, -0.25) is 24.6 Å². The summed E-state index contributed by atoms with van der Waals surface area (Å²) in [5, 5.41) is 11.2. The number of imide groups is 1. The molecule has 38 heavy (non-hydrogen) atoms. The molecule has 0 bridgehead atoms. The molecule has 1 heterocycles. The van der Waals surface area contributed by atoms with Crippen LogP contribution in [0.4, 0.5) is 0 Å². The van der Waals surface area contributed by atoms with E-state index >= 15 is 0 Å². The van der Waals surface area contributed by atoms with Crippen LogP contribution < -0.4 is 0 Å². The predicted molar refractivity (Wildman–Crippen MR) is 151 cm³/mol. The van der Waals surface area contributed by atoms with Gasteiger partial charge in [0.1, 0.15) is 6.04 Å². The zero-order valence-corrected chi connectivity index (χ0v) is 24.0. The maximum absolute atomic E-state index is 13.8. The molecule has 1 aliphatic rings. The Hall–Kier alpha value is -3.27. The largest absolute Gasteiger partial charge is 0.407 e. The van der Waals surface area contributed by atoms with Crippen LogP contribution in [0, 0.1) is 10.1 Å². The highest BCUT2D eigenvalue weighted by Gasteiger charge is 2.53. The van der Waals surface area contributed by atoms with Crippen LogP contribution in [0.1, 0.15) is 53.2 Å². The first-order chi connectivity index (χ1) is 17.9. The highest BCUT2D eigenvalue weighted by molar-refractivity contribution is 7.99. The van der Waals surface area contributed by atoms with E-state index in [1.165, 1.54) is 0 Å². The van der Waals surface area contributed by atoms with Gasteiger partial charge in [0, 0.05) is 9.82 Å². The summed E-state index contributed by atoms with van der Waals surface area (Å²) >= 11 is 1.02. The molecule has 0 saturated heterocycles. The van der Waals surface area contributed by atoms with Gasteiger partial charge in [0.2, 0.25) is 0 Å². The van der Waals surface area contributed by atoms with Gasteiger partial charge < -0.3 is 4.43 Å². The zero-order chi connectivity index (χ0) is 27.7. The number of amides is 2. The number of rotatable bonds is 9. The van der Waals surface area contributed by atoms with Gasteiger partial charge in [-0.05, 0) is 59.7 Å². The van der Waals surface area contributed by atoms with Gasteiger partial charge in [-0.2, -0.15) is 0 Å². The van der Waals surface area contributed by atoms with E-state index in [0.29, 0.717) is 10.5 Å². The van der Waals surface area contributed by atoms with E-state index in [4.69, 9.17) is 4.43 Å². The van der Waals surface area contributed by atoms with Crippen molar-refractivity contribution in [1.29, 1.82) is 0 Å². The summed E-state index contributed by atoms with van der Waals surface area (Å²) < 4.78 is 6.90. The molecule has 0 fully saturated rings. The first-order valence-corrected chi connectivity index (χ1v) is 16.3. The molecule has 0 spiro atoms. The summed E-state index contributed by atoms with van der Waals surface area (Å²) in [4.78, 5) is 41.6. The summed E-state index contributed by atoms with van der Waals surface area (Å²) in [6.07, 6.45) is -0.911. The van der Waals surface area contributed by atoms with Crippen molar-refractivity contribution in [2.45, 2.75) is 61.3 Å². The average Bonchev–Trinajstić information content (AvgIpc) is 3.13. The normalized spacial score (nSPS) is 16.2. The fraction of sp³-hybridized carbons (Fsp3) is 0.310. The molecule has 0 N–H and O–H groups in total. The van der Waals surface area contributed by atoms with E-state index in [1.807, 2.05) is 36.4 Å². The first kappa shape index (κ1) is 27.8. The van der Waals surface area contributed by atoms with Crippen LogP contribution in [0.2, 0.25) is 18.1 Å². The maximum Gasteiger partial charge on any atom is 0.286 e. The third-order valence-electron chi connectivity index (χ3n) is 7.29. The molecule has 3 aromatic carbocycles. The first-order valence-electron chi connectivity index (χ1n) is 12.5. The van der Waals surface area contributed by atoms with Crippen LogP contribution in [-0.4, -0.2) is 41.4 Å². The van der Waals surface area contributed by atoms with Crippen molar-refractivity contribution in [1.82, 2.24) is 4.90 Å². The van der Waals surface area contributed by atoms with Crippen LogP contribution in [-0.2, 0) is 4.43 Å². The van der Waals surface area contributed by atoms with Crippen molar-refractivity contribution in [2.75, 3.05) is 0 Å². The number of hydrogen-bond acceptors (Lipinski definition) is 6. The third-order valence-corrected chi connectivity index (χ3v) is 13.0. The minimum absolute atomic E-state index is 0.219. The fourth-order valence-electron chi connectivity index (χ4n) is 4.24. The third kappa shape index (κ3) is 5.45. The van der Waals surface area contributed by atoms with Gasteiger partial charge in [0.15, 0.2) is 8.32 Å².